The number of nitrogens with zero attached hydrogens (tertiary/aromatic N) is 1. The quantitative estimate of drug-likeness (QED) is 0.461. The second-order valence-corrected chi connectivity index (χ2v) is 3.85. The molecule has 0 unspecified atom stereocenters. The highest BCUT2D eigenvalue weighted by atomic mass is 16.4. The average molecular weight is 261 g/mol. The standard InChI is InChI=1S/C12H12N4O3/c1-7(17)13-11(14-8(2)18)16-12-15-9-5-3-4-6-10(9)19-12/h3-6H,1-2H3,(H2,13,14,15,16,17,18)/p+1. The van der Waals surface area contributed by atoms with E-state index in [1.807, 2.05) is 12.1 Å². The summed E-state index contributed by atoms with van der Waals surface area (Å²) in [6.45, 7) is 2.66. The highest BCUT2D eigenvalue weighted by Crippen LogP contribution is 2.14. The van der Waals surface area contributed by atoms with Crippen LogP contribution in [0.25, 0.3) is 11.1 Å². The van der Waals surface area contributed by atoms with Crippen LogP contribution in [0, 0.1) is 0 Å². The van der Waals surface area contributed by atoms with E-state index in [-0.39, 0.29) is 23.8 Å². The summed E-state index contributed by atoms with van der Waals surface area (Å²) in [7, 11) is 0. The fourth-order valence-electron chi connectivity index (χ4n) is 1.48. The highest BCUT2D eigenvalue weighted by molar-refractivity contribution is 6.00. The number of fused-ring (bicyclic) bond motifs is 1. The van der Waals surface area contributed by atoms with Gasteiger partial charge < -0.3 is 4.42 Å². The number of carbonyl (C=O) groups is 2. The van der Waals surface area contributed by atoms with Crippen LogP contribution in [0.5, 0.6) is 0 Å². The van der Waals surface area contributed by atoms with Crippen molar-refractivity contribution >= 4 is 34.9 Å². The van der Waals surface area contributed by atoms with E-state index >= 15 is 0 Å². The van der Waals surface area contributed by atoms with Crippen LogP contribution in [0.15, 0.2) is 28.7 Å². The summed E-state index contributed by atoms with van der Waals surface area (Å²) in [5.74, 6) is -0.550. The van der Waals surface area contributed by atoms with E-state index in [1.165, 1.54) is 13.8 Å². The van der Waals surface area contributed by atoms with Gasteiger partial charge in [-0.25, -0.2) is 15.6 Å². The van der Waals surface area contributed by atoms with Crippen LogP contribution in [0.2, 0.25) is 0 Å². The van der Waals surface area contributed by atoms with Crippen molar-refractivity contribution in [2.75, 3.05) is 0 Å². The Morgan fingerprint density at radius 1 is 1.16 bits per heavy atom. The molecule has 98 valence electrons. The topological polar surface area (TPSA) is 98.2 Å². The molecule has 0 aliphatic carbocycles. The Labute approximate surface area is 108 Å². The number of guanidine groups is 1. The van der Waals surface area contributed by atoms with Crippen LogP contribution < -0.4 is 15.6 Å². The first-order chi connectivity index (χ1) is 9.04. The van der Waals surface area contributed by atoms with Crippen molar-refractivity contribution in [1.29, 1.82) is 0 Å². The van der Waals surface area contributed by atoms with E-state index in [0.29, 0.717) is 11.1 Å². The van der Waals surface area contributed by atoms with E-state index in [0.717, 1.165) is 0 Å². The van der Waals surface area contributed by atoms with Crippen molar-refractivity contribution in [1.82, 2.24) is 15.6 Å². The molecule has 3 N–H and O–H groups in total. The van der Waals surface area contributed by atoms with Crippen molar-refractivity contribution in [2.45, 2.75) is 13.8 Å². The summed E-state index contributed by atoms with van der Waals surface area (Å²) >= 11 is 0. The maximum Gasteiger partial charge on any atom is 0.406 e. The van der Waals surface area contributed by atoms with Crippen molar-refractivity contribution in [3.05, 3.63) is 24.3 Å². The van der Waals surface area contributed by atoms with E-state index in [4.69, 9.17) is 4.42 Å². The molecule has 0 radical (unpaired) electrons. The highest BCUT2D eigenvalue weighted by Gasteiger charge is 2.13. The van der Waals surface area contributed by atoms with Gasteiger partial charge in [0.25, 0.3) is 11.8 Å². The average Bonchev–Trinajstić information content (AvgIpc) is 2.68. The van der Waals surface area contributed by atoms with Crippen LogP contribution in [-0.4, -0.2) is 22.8 Å². The lowest BCUT2D eigenvalue weighted by Crippen LogP contribution is -2.75. The smallest absolute Gasteiger partial charge is 0.404 e. The van der Waals surface area contributed by atoms with Gasteiger partial charge in [0.05, 0.1) is 0 Å². The second kappa shape index (κ2) is 5.30. The maximum absolute atomic E-state index is 11.0. The van der Waals surface area contributed by atoms with E-state index in [9.17, 15) is 9.59 Å². The number of hydrogen-bond donors (Lipinski definition) is 3. The van der Waals surface area contributed by atoms with Gasteiger partial charge in [0, 0.05) is 13.8 Å². The summed E-state index contributed by atoms with van der Waals surface area (Å²) in [4.78, 5) is 28.9. The number of carbonyl (C=O) groups excluding carboxylic acids is 2. The molecule has 7 heteroatoms. The summed E-state index contributed by atoms with van der Waals surface area (Å²) in [6.07, 6.45) is 0. The van der Waals surface area contributed by atoms with Crippen molar-refractivity contribution in [3.8, 4) is 0 Å². The maximum atomic E-state index is 11.0. The molecule has 1 aromatic carbocycles. The van der Waals surface area contributed by atoms with Gasteiger partial charge in [-0.05, 0) is 12.1 Å². The van der Waals surface area contributed by atoms with Gasteiger partial charge in [0.15, 0.2) is 11.1 Å². The third-order valence-electron chi connectivity index (χ3n) is 2.13. The SMILES string of the molecule is CC(=O)NC(NC(C)=O)=[NH+]c1nc2ccccc2o1. The Hall–Kier alpha value is -2.70. The molecule has 0 saturated carbocycles. The Morgan fingerprint density at radius 3 is 2.37 bits per heavy atom. The molecule has 7 nitrogen and oxygen atoms in total. The van der Waals surface area contributed by atoms with Gasteiger partial charge in [-0.1, -0.05) is 17.1 Å². The molecule has 2 aromatic rings. The zero-order valence-corrected chi connectivity index (χ0v) is 10.5. The predicted octanol–water partition coefficient (Wildman–Crippen LogP) is -0.832. The van der Waals surface area contributed by atoms with Crippen molar-refractivity contribution < 1.29 is 19.0 Å². The second-order valence-electron chi connectivity index (χ2n) is 3.85. The van der Waals surface area contributed by atoms with Gasteiger partial charge in [0.1, 0.15) is 0 Å². The number of para-hydroxylation sites is 2. The Kier molecular flexibility index (Phi) is 3.56. The molecular formula is C12H13N4O3+. The van der Waals surface area contributed by atoms with Gasteiger partial charge in [-0.15, -0.1) is 0 Å². The van der Waals surface area contributed by atoms with Crippen LogP contribution in [-0.2, 0) is 9.59 Å². The number of hydrogen-bond acceptors (Lipinski definition) is 4. The minimum atomic E-state index is -0.327. The lowest BCUT2D eigenvalue weighted by Gasteiger charge is -1.99. The fourth-order valence-corrected chi connectivity index (χ4v) is 1.48. The number of benzene rings is 1. The van der Waals surface area contributed by atoms with Crippen LogP contribution >= 0.6 is 0 Å². The Bertz CT molecular complexity index is 609. The first kappa shape index (κ1) is 12.7. The summed E-state index contributed by atoms with van der Waals surface area (Å²) in [6, 6.07) is 7.40. The Morgan fingerprint density at radius 2 is 1.79 bits per heavy atom. The molecule has 2 rings (SSSR count). The lowest BCUT2D eigenvalue weighted by molar-refractivity contribution is -0.382. The molecule has 2 amide bonds. The molecule has 0 saturated heterocycles. The van der Waals surface area contributed by atoms with Crippen LogP contribution in [0.3, 0.4) is 0 Å². The van der Waals surface area contributed by atoms with Gasteiger partial charge >= 0.3 is 12.0 Å². The number of aromatic nitrogens is 1. The van der Waals surface area contributed by atoms with E-state index in [2.05, 4.69) is 20.6 Å². The molecule has 0 aliphatic rings. The molecule has 1 aromatic heterocycles. The third kappa shape index (κ3) is 3.38. The van der Waals surface area contributed by atoms with Crippen molar-refractivity contribution in [2.24, 2.45) is 0 Å². The number of amides is 2. The lowest BCUT2D eigenvalue weighted by atomic mass is 10.3. The molecule has 1 heterocycles. The molecule has 0 aliphatic heterocycles. The predicted molar refractivity (Wildman–Crippen MR) is 67.3 cm³/mol. The molecular weight excluding hydrogens is 248 g/mol. The zero-order valence-electron chi connectivity index (χ0n) is 10.5. The van der Waals surface area contributed by atoms with E-state index < -0.39 is 0 Å². The van der Waals surface area contributed by atoms with Gasteiger partial charge in [-0.3, -0.25) is 9.59 Å². The fraction of sp³-hybridized carbons (Fsp3) is 0.167. The van der Waals surface area contributed by atoms with Gasteiger partial charge in [-0.2, -0.15) is 0 Å². The summed E-state index contributed by atoms with van der Waals surface area (Å²) in [5, 5.41) is 4.88. The molecule has 19 heavy (non-hydrogen) atoms. The summed E-state index contributed by atoms with van der Waals surface area (Å²) in [5.41, 5.74) is 1.28. The zero-order chi connectivity index (χ0) is 13.8. The van der Waals surface area contributed by atoms with Crippen LogP contribution in [0.1, 0.15) is 13.8 Å². The Balaban J connectivity index is 2.33. The molecule has 0 atom stereocenters. The minimum absolute atomic E-state index is 0.103. The number of nitrogens with one attached hydrogen (secondary N) is 3. The number of oxazole rings is 1. The van der Waals surface area contributed by atoms with Crippen LogP contribution in [0.4, 0.5) is 6.01 Å². The monoisotopic (exact) mass is 261 g/mol. The minimum Gasteiger partial charge on any atom is -0.404 e. The van der Waals surface area contributed by atoms with E-state index in [1.54, 1.807) is 12.1 Å². The largest absolute Gasteiger partial charge is 0.406 e. The number of rotatable bonds is 1. The van der Waals surface area contributed by atoms with Crippen molar-refractivity contribution in [3.63, 3.8) is 0 Å². The third-order valence-corrected chi connectivity index (χ3v) is 2.13. The molecule has 0 spiro atoms. The molecule has 0 fully saturated rings. The molecule has 0 bridgehead atoms. The first-order valence-electron chi connectivity index (χ1n) is 5.59. The first-order valence-corrected chi connectivity index (χ1v) is 5.59. The van der Waals surface area contributed by atoms with Gasteiger partial charge in [0.2, 0.25) is 0 Å². The summed E-state index contributed by atoms with van der Waals surface area (Å²) < 4.78 is 5.42. The normalized spacial score (nSPS) is 10.0.